The molecule has 0 aliphatic heterocycles. The Morgan fingerprint density at radius 3 is 2.12 bits per heavy atom. The van der Waals surface area contributed by atoms with E-state index in [4.69, 9.17) is 5.73 Å². The van der Waals surface area contributed by atoms with Gasteiger partial charge in [-0.05, 0) is 48.2 Å². The molecular formula is C28H38N4O. The van der Waals surface area contributed by atoms with Gasteiger partial charge in [-0.15, -0.1) is 0 Å². The number of nitrogens with two attached hydrogens (primary N) is 1. The summed E-state index contributed by atoms with van der Waals surface area (Å²) in [6, 6.07) is 24.7. The smallest absolute Gasteiger partial charge is 0.150 e. The van der Waals surface area contributed by atoms with Crippen molar-refractivity contribution in [2.24, 2.45) is 5.73 Å². The van der Waals surface area contributed by atoms with Crippen LogP contribution in [-0.4, -0.2) is 51.1 Å². The Labute approximate surface area is 199 Å². The Kier molecular flexibility index (Phi) is 11.3. The van der Waals surface area contributed by atoms with Crippen LogP contribution in [0.5, 0.6) is 0 Å². The first-order valence-corrected chi connectivity index (χ1v) is 11.6. The van der Waals surface area contributed by atoms with Gasteiger partial charge in [0.2, 0.25) is 0 Å². The van der Waals surface area contributed by atoms with Crippen molar-refractivity contribution >= 4 is 12.0 Å². The number of aryl methyl sites for hydroxylation is 2. The van der Waals surface area contributed by atoms with Crippen LogP contribution in [0.4, 0.5) is 5.69 Å². The van der Waals surface area contributed by atoms with Gasteiger partial charge in [-0.2, -0.15) is 0 Å². The molecule has 0 unspecified atom stereocenters. The van der Waals surface area contributed by atoms with Crippen LogP contribution >= 0.6 is 0 Å². The van der Waals surface area contributed by atoms with Gasteiger partial charge in [-0.3, -0.25) is 10.2 Å². The number of hydrogen-bond acceptors (Lipinski definition) is 5. The Balaban J connectivity index is 0.000000357. The minimum absolute atomic E-state index is 0.658. The number of aldehydes is 1. The Bertz CT molecular complexity index is 975. The number of likely N-dealkylation sites (N-methyl/N-ethyl adjacent to an activating group) is 1. The first kappa shape index (κ1) is 26.3. The molecule has 0 heterocycles. The van der Waals surface area contributed by atoms with E-state index in [1.165, 1.54) is 22.4 Å². The Hall–Kier alpha value is -2.99. The highest BCUT2D eigenvalue weighted by atomic mass is 16.1. The van der Waals surface area contributed by atoms with E-state index in [-0.39, 0.29) is 0 Å². The monoisotopic (exact) mass is 446 g/mol. The summed E-state index contributed by atoms with van der Waals surface area (Å²) in [5.74, 6) is 0. The van der Waals surface area contributed by atoms with Crippen LogP contribution in [-0.2, 0) is 0 Å². The average molecular weight is 447 g/mol. The molecule has 0 fully saturated rings. The number of carbonyl (C=O) groups excluding carboxylic acids is 1. The second-order valence-electron chi connectivity index (χ2n) is 8.05. The van der Waals surface area contributed by atoms with Gasteiger partial charge in [-0.25, -0.2) is 5.01 Å². The van der Waals surface area contributed by atoms with Crippen LogP contribution < -0.4 is 16.1 Å². The van der Waals surface area contributed by atoms with Gasteiger partial charge < -0.3 is 10.6 Å². The second-order valence-corrected chi connectivity index (χ2v) is 8.05. The third kappa shape index (κ3) is 8.46. The molecule has 3 N–H and O–H groups in total. The Morgan fingerprint density at radius 2 is 1.55 bits per heavy atom. The minimum Gasteiger partial charge on any atom is -0.369 e. The van der Waals surface area contributed by atoms with Gasteiger partial charge in [0.1, 0.15) is 6.29 Å². The fourth-order valence-electron chi connectivity index (χ4n) is 3.67. The van der Waals surface area contributed by atoms with E-state index in [0.717, 1.165) is 43.6 Å². The van der Waals surface area contributed by atoms with Crippen molar-refractivity contribution in [2.75, 3.05) is 44.7 Å². The topological polar surface area (TPSA) is 61.6 Å². The van der Waals surface area contributed by atoms with Crippen molar-refractivity contribution in [1.29, 1.82) is 0 Å². The summed E-state index contributed by atoms with van der Waals surface area (Å²) < 4.78 is 0. The first-order chi connectivity index (χ1) is 16.0. The third-order valence-corrected chi connectivity index (χ3v) is 5.49. The lowest BCUT2D eigenvalue weighted by Crippen LogP contribution is -2.42. The molecule has 0 atom stereocenters. The van der Waals surface area contributed by atoms with Gasteiger partial charge in [0.25, 0.3) is 0 Å². The zero-order valence-electron chi connectivity index (χ0n) is 20.4. The van der Waals surface area contributed by atoms with E-state index in [9.17, 15) is 4.79 Å². The van der Waals surface area contributed by atoms with Crippen LogP contribution in [0.25, 0.3) is 11.1 Å². The number of hydrogen-bond donors (Lipinski definition) is 2. The van der Waals surface area contributed by atoms with Gasteiger partial charge in [-0.1, -0.05) is 67.6 Å². The maximum absolute atomic E-state index is 10.2. The zero-order chi connectivity index (χ0) is 24.1. The van der Waals surface area contributed by atoms with E-state index in [0.29, 0.717) is 6.54 Å². The largest absolute Gasteiger partial charge is 0.369 e. The third-order valence-electron chi connectivity index (χ3n) is 5.49. The van der Waals surface area contributed by atoms with Crippen LogP contribution in [0.1, 0.15) is 28.4 Å². The molecule has 0 saturated carbocycles. The summed E-state index contributed by atoms with van der Waals surface area (Å²) >= 11 is 0. The molecule has 0 aliphatic rings. The highest BCUT2D eigenvalue weighted by Gasteiger charge is 2.11. The lowest BCUT2D eigenvalue weighted by atomic mass is 10.0. The lowest BCUT2D eigenvalue weighted by Gasteiger charge is -2.28. The minimum atomic E-state index is 0.658. The molecule has 5 nitrogen and oxygen atoms in total. The standard InChI is InChI=1S/C20H30N4.C8H8O/c1-4-22-23(3)14-15-24(13-12-21)20-11-10-19(16-17(20)2)18-8-6-5-7-9-18;1-7-4-2-3-5-8(7)6-9/h5-11,16,22H,4,12-15,21H2,1-3H3;2-6H,1H3. The fraction of sp³-hybridized carbons (Fsp3) is 0.321. The summed E-state index contributed by atoms with van der Waals surface area (Å²) in [4.78, 5) is 12.6. The summed E-state index contributed by atoms with van der Waals surface area (Å²) in [7, 11) is 2.08. The average Bonchev–Trinajstić information content (AvgIpc) is 2.83. The van der Waals surface area contributed by atoms with Crippen LogP contribution in [0.15, 0.2) is 72.8 Å². The Morgan fingerprint density at radius 1 is 0.848 bits per heavy atom. The SMILES string of the molecule is CCNN(C)CCN(CCN)c1ccc(-c2ccccc2)cc1C.Cc1ccccc1C=O. The van der Waals surface area contributed by atoms with Crippen molar-refractivity contribution in [2.45, 2.75) is 20.8 Å². The van der Waals surface area contributed by atoms with E-state index < -0.39 is 0 Å². The lowest BCUT2D eigenvalue weighted by molar-refractivity contribution is 0.112. The molecule has 3 rings (SSSR count). The van der Waals surface area contributed by atoms with Crippen LogP contribution in [0.2, 0.25) is 0 Å². The van der Waals surface area contributed by atoms with Crippen molar-refractivity contribution in [1.82, 2.24) is 10.4 Å². The molecule has 5 heteroatoms. The molecule has 33 heavy (non-hydrogen) atoms. The summed E-state index contributed by atoms with van der Waals surface area (Å²) in [6.07, 6.45) is 0.870. The van der Waals surface area contributed by atoms with Gasteiger partial charge in [0, 0.05) is 51.0 Å². The highest BCUT2D eigenvalue weighted by molar-refractivity contribution is 5.76. The summed E-state index contributed by atoms with van der Waals surface area (Å²) in [5, 5.41) is 2.14. The van der Waals surface area contributed by atoms with E-state index >= 15 is 0 Å². The van der Waals surface area contributed by atoms with Gasteiger partial charge >= 0.3 is 0 Å². The second kappa shape index (κ2) is 14.2. The van der Waals surface area contributed by atoms with E-state index in [1.807, 2.05) is 31.2 Å². The van der Waals surface area contributed by atoms with E-state index in [2.05, 4.69) is 84.8 Å². The number of nitrogens with one attached hydrogen (secondary N) is 1. The van der Waals surface area contributed by atoms with Crippen LogP contribution in [0.3, 0.4) is 0 Å². The normalized spacial score (nSPS) is 10.5. The predicted octanol–water partition coefficient (Wildman–Crippen LogP) is 4.69. The number of benzene rings is 3. The van der Waals surface area contributed by atoms with Gasteiger partial charge in [0.05, 0.1) is 0 Å². The molecular weight excluding hydrogens is 408 g/mol. The molecule has 0 aliphatic carbocycles. The van der Waals surface area contributed by atoms with Crippen molar-refractivity contribution in [3.05, 3.63) is 89.5 Å². The van der Waals surface area contributed by atoms with Crippen molar-refractivity contribution in [3.8, 4) is 11.1 Å². The number of nitrogens with zero attached hydrogens (tertiary/aromatic N) is 2. The molecule has 0 amide bonds. The number of carbonyl (C=O) groups is 1. The van der Waals surface area contributed by atoms with Crippen molar-refractivity contribution < 1.29 is 4.79 Å². The molecule has 3 aromatic rings. The maximum atomic E-state index is 10.2. The first-order valence-electron chi connectivity index (χ1n) is 11.6. The maximum Gasteiger partial charge on any atom is 0.150 e. The summed E-state index contributed by atoms with van der Waals surface area (Å²) in [6.45, 7) is 10.6. The number of rotatable bonds is 10. The fourth-order valence-corrected chi connectivity index (χ4v) is 3.67. The molecule has 0 spiro atoms. The molecule has 0 radical (unpaired) electrons. The highest BCUT2D eigenvalue weighted by Crippen LogP contribution is 2.27. The number of hydrazine groups is 1. The molecule has 0 bridgehead atoms. The molecule has 0 aromatic heterocycles. The van der Waals surface area contributed by atoms with Crippen LogP contribution in [0, 0.1) is 13.8 Å². The van der Waals surface area contributed by atoms with Gasteiger partial charge in [0.15, 0.2) is 0 Å². The van der Waals surface area contributed by atoms with E-state index in [1.54, 1.807) is 0 Å². The molecule has 176 valence electrons. The van der Waals surface area contributed by atoms with Crippen molar-refractivity contribution in [3.63, 3.8) is 0 Å². The predicted molar refractivity (Wildman–Crippen MR) is 141 cm³/mol. The molecule has 3 aromatic carbocycles. The number of anilines is 1. The zero-order valence-corrected chi connectivity index (χ0v) is 20.4. The molecule has 0 saturated heterocycles. The quantitative estimate of drug-likeness (QED) is 0.349. The summed E-state index contributed by atoms with van der Waals surface area (Å²) in [5.41, 5.74) is 16.0.